The maximum absolute atomic E-state index is 11.6. The summed E-state index contributed by atoms with van der Waals surface area (Å²) < 4.78 is 0. The molecule has 0 bridgehead atoms. The van der Waals surface area contributed by atoms with Crippen molar-refractivity contribution in [3.8, 4) is 0 Å². The maximum atomic E-state index is 11.6. The van der Waals surface area contributed by atoms with E-state index in [2.05, 4.69) is 11.9 Å². The first-order valence-electron chi connectivity index (χ1n) is 5.94. The molecule has 1 aromatic carbocycles. The van der Waals surface area contributed by atoms with Crippen LogP contribution in [0.25, 0.3) is 0 Å². The van der Waals surface area contributed by atoms with Crippen molar-refractivity contribution in [1.82, 2.24) is 5.32 Å². The Kier molecular flexibility index (Phi) is 5.60. The number of hydrogen-bond acceptors (Lipinski definition) is 3. The van der Waals surface area contributed by atoms with E-state index in [1.807, 2.05) is 19.1 Å². The predicted octanol–water partition coefficient (Wildman–Crippen LogP) is 1.19. The summed E-state index contributed by atoms with van der Waals surface area (Å²) >= 11 is 0. The number of carbonyl (C=O) groups excluding carboxylic acids is 1. The molecular weight excluding hydrogens is 244 g/mol. The van der Waals surface area contributed by atoms with Gasteiger partial charge in [0.25, 0.3) is 0 Å². The van der Waals surface area contributed by atoms with Crippen LogP contribution in [0.5, 0.6) is 0 Å². The smallest absolute Gasteiger partial charge is 0.323 e. The first kappa shape index (κ1) is 14.8. The number of carboxylic acid groups (broad SMARTS) is 1. The second kappa shape index (κ2) is 7.20. The summed E-state index contributed by atoms with van der Waals surface area (Å²) in [6.45, 7) is 5.61. The highest BCUT2D eigenvalue weighted by molar-refractivity contribution is 5.84. The van der Waals surface area contributed by atoms with Gasteiger partial charge >= 0.3 is 5.97 Å². The molecule has 19 heavy (non-hydrogen) atoms. The molecule has 2 N–H and O–H groups in total. The topological polar surface area (TPSA) is 69.6 Å². The Morgan fingerprint density at radius 3 is 2.47 bits per heavy atom. The van der Waals surface area contributed by atoms with Gasteiger partial charge in [-0.1, -0.05) is 23.8 Å². The lowest BCUT2D eigenvalue weighted by Crippen LogP contribution is -2.40. The van der Waals surface area contributed by atoms with Gasteiger partial charge in [-0.2, -0.15) is 0 Å². The third kappa shape index (κ3) is 5.25. The van der Waals surface area contributed by atoms with Gasteiger partial charge in [-0.15, -0.1) is 6.58 Å². The summed E-state index contributed by atoms with van der Waals surface area (Å²) in [5.74, 6) is -1.21. The average Bonchev–Trinajstić information content (AvgIpc) is 2.36. The van der Waals surface area contributed by atoms with Crippen molar-refractivity contribution in [1.29, 1.82) is 0 Å². The van der Waals surface area contributed by atoms with Crippen molar-refractivity contribution >= 4 is 17.6 Å². The molecule has 0 radical (unpaired) electrons. The Balaban J connectivity index is 2.76. The normalized spacial score (nSPS) is 9.74. The van der Waals surface area contributed by atoms with Crippen LogP contribution < -0.4 is 10.2 Å². The van der Waals surface area contributed by atoms with Gasteiger partial charge in [0.1, 0.15) is 6.54 Å². The Hall–Kier alpha value is -2.30. The number of nitrogens with one attached hydrogen (secondary N) is 1. The Bertz CT molecular complexity index is 454. The van der Waals surface area contributed by atoms with E-state index in [-0.39, 0.29) is 19.0 Å². The average molecular weight is 262 g/mol. The van der Waals surface area contributed by atoms with E-state index in [0.29, 0.717) is 12.2 Å². The fourth-order valence-corrected chi connectivity index (χ4v) is 1.57. The Labute approximate surface area is 112 Å². The zero-order valence-electron chi connectivity index (χ0n) is 10.9. The molecule has 1 rings (SSSR count). The van der Waals surface area contributed by atoms with Crippen molar-refractivity contribution in [2.24, 2.45) is 0 Å². The zero-order valence-corrected chi connectivity index (χ0v) is 10.9. The highest BCUT2D eigenvalue weighted by Gasteiger charge is 2.14. The standard InChI is InChI=1S/C14H18N2O3/c1-3-8-15-13(17)9-16(10-14(18)19)12-6-4-11(2)5-7-12/h3-7H,1,8-10H2,2H3,(H,15,17)(H,18,19). The number of anilines is 1. The third-order valence-electron chi connectivity index (χ3n) is 2.50. The van der Waals surface area contributed by atoms with E-state index in [1.165, 1.54) is 4.90 Å². The van der Waals surface area contributed by atoms with Gasteiger partial charge in [-0.3, -0.25) is 9.59 Å². The monoisotopic (exact) mass is 262 g/mol. The summed E-state index contributed by atoms with van der Waals surface area (Å²) in [4.78, 5) is 24.0. The van der Waals surface area contributed by atoms with Crippen LogP contribution in [0.4, 0.5) is 5.69 Å². The molecule has 0 aliphatic rings. The molecular formula is C14H18N2O3. The van der Waals surface area contributed by atoms with Crippen molar-refractivity contribution in [3.63, 3.8) is 0 Å². The molecule has 5 heteroatoms. The molecule has 1 amide bonds. The highest BCUT2D eigenvalue weighted by atomic mass is 16.4. The minimum atomic E-state index is -0.975. The van der Waals surface area contributed by atoms with Crippen LogP contribution in [0.2, 0.25) is 0 Å². The highest BCUT2D eigenvalue weighted by Crippen LogP contribution is 2.14. The summed E-state index contributed by atoms with van der Waals surface area (Å²) in [5, 5.41) is 11.5. The lowest BCUT2D eigenvalue weighted by Gasteiger charge is -2.22. The predicted molar refractivity (Wildman–Crippen MR) is 74.2 cm³/mol. The van der Waals surface area contributed by atoms with E-state index in [4.69, 9.17) is 5.11 Å². The fourth-order valence-electron chi connectivity index (χ4n) is 1.57. The number of amides is 1. The van der Waals surface area contributed by atoms with Crippen LogP contribution in [-0.2, 0) is 9.59 Å². The van der Waals surface area contributed by atoms with E-state index in [0.717, 1.165) is 5.56 Å². The molecule has 0 aliphatic carbocycles. The molecule has 0 fully saturated rings. The van der Waals surface area contributed by atoms with Crippen molar-refractivity contribution in [2.45, 2.75) is 6.92 Å². The van der Waals surface area contributed by atoms with Crippen LogP contribution in [0, 0.1) is 6.92 Å². The van der Waals surface area contributed by atoms with Gasteiger partial charge < -0.3 is 15.3 Å². The van der Waals surface area contributed by atoms with Crippen molar-refractivity contribution in [3.05, 3.63) is 42.5 Å². The van der Waals surface area contributed by atoms with Crippen LogP contribution in [0.15, 0.2) is 36.9 Å². The van der Waals surface area contributed by atoms with Crippen molar-refractivity contribution < 1.29 is 14.7 Å². The molecule has 0 unspecified atom stereocenters. The molecule has 0 saturated carbocycles. The van der Waals surface area contributed by atoms with E-state index >= 15 is 0 Å². The molecule has 0 atom stereocenters. The maximum Gasteiger partial charge on any atom is 0.323 e. The summed E-state index contributed by atoms with van der Waals surface area (Å²) in [7, 11) is 0. The third-order valence-corrected chi connectivity index (χ3v) is 2.50. The van der Waals surface area contributed by atoms with Gasteiger partial charge in [0.05, 0.1) is 6.54 Å². The second-order valence-corrected chi connectivity index (χ2v) is 4.18. The Morgan fingerprint density at radius 1 is 1.32 bits per heavy atom. The van der Waals surface area contributed by atoms with Gasteiger partial charge in [0.15, 0.2) is 0 Å². The number of carbonyl (C=O) groups is 2. The first-order valence-corrected chi connectivity index (χ1v) is 5.94. The minimum Gasteiger partial charge on any atom is -0.480 e. The lowest BCUT2D eigenvalue weighted by molar-refractivity contribution is -0.135. The first-order chi connectivity index (χ1) is 9.02. The molecule has 0 heterocycles. The lowest BCUT2D eigenvalue weighted by atomic mass is 10.2. The van der Waals surface area contributed by atoms with Crippen molar-refractivity contribution in [2.75, 3.05) is 24.5 Å². The van der Waals surface area contributed by atoms with Gasteiger partial charge in [-0.25, -0.2) is 0 Å². The number of hydrogen-bond donors (Lipinski definition) is 2. The number of carboxylic acids is 1. The SMILES string of the molecule is C=CCNC(=O)CN(CC(=O)O)c1ccc(C)cc1. The minimum absolute atomic E-state index is 0.00318. The number of aliphatic carboxylic acids is 1. The summed E-state index contributed by atoms with van der Waals surface area (Å²) in [6.07, 6.45) is 1.57. The molecule has 1 aromatic rings. The van der Waals surface area contributed by atoms with E-state index in [1.54, 1.807) is 18.2 Å². The number of aryl methyl sites for hydroxylation is 1. The van der Waals surface area contributed by atoms with Crippen LogP contribution in [-0.4, -0.2) is 36.6 Å². The fraction of sp³-hybridized carbons (Fsp3) is 0.286. The molecule has 5 nitrogen and oxygen atoms in total. The summed E-state index contributed by atoms with van der Waals surface area (Å²) in [5.41, 5.74) is 1.79. The zero-order chi connectivity index (χ0) is 14.3. The number of rotatable bonds is 7. The van der Waals surface area contributed by atoms with Crippen LogP contribution in [0.3, 0.4) is 0 Å². The number of nitrogens with zero attached hydrogens (tertiary/aromatic N) is 1. The molecule has 0 aromatic heterocycles. The second-order valence-electron chi connectivity index (χ2n) is 4.18. The quantitative estimate of drug-likeness (QED) is 0.724. The van der Waals surface area contributed by atoms with Gasteiger partial charge in [0.2, 0.25) is 5.91 Å². The summed E-state index contributed by atoms with van der Waals surface area (Å²) in [6, 6.07) is 7.37. The molecule has 0 saturated heterocycles. The number of benzene rings is 1. The molecule has 102 valence electrons. The largest absolute Gasteiger partial charge is 0.480 e. The van der Waals surface area contributed by atoms with E-state index in [9.17, 15) is 9.59 Å². The van der Waals surface area contributed by atoms with E-state index < -0.39 is 5.97 Å². The molecule has 0 spiro atoms. The van der Waals surface area contributed by atoms with Gasteiger partial charge in [-0.05, 0) is 19.1 Å². The molecule has 0 aliphatic heterocycles. The van der Waals surface area contributed by atoms with Crippen LogP contribution in [0.1, 0.15) is 5.56 Å². The van der Waals surface area contributed by atoms with Crippen LogP contribution >= 0.6 is 0 Å². The van der Waals surface area contributed by atoms with Gasteiger partial charge in [0, 0.05) is 12.2 Å². The Morgan fingerprint density at radius 2 is 1.95 bits per heavy atom.